The van der Waals surface area contributed by atoms with Crippen LogP contribution < -0.4 is 5.32 Å². The molecule has 7 atom stereocenters. The molecule has 1 aromatic carbocycles. The zero-order chi connectivity index (χ0) is 27.8. The number of rotatable bonds is 3. The predicted octanol–water partition coefficient (Wildman–Crippen LogP) is 5.03. The molecule has 0 spiro atoms. The molecule has 1 aromatic heterocycles. The molecule has 38 heavy (non-hydrogen) atoms. The van der Waals surface area contributed by atoms with Crippen LogP contribution in [-0.2, 0) is 14.3 Å². The summed E-state index contributed by atoms with van der Waals surface area (Å²) < 4.78 is 7.25. The van der Waals surface area contributed by atoms with E-state index in [1.54, 1.807) is 31.3 Å². The van der Waals surface area contributed by atoms with Gasteiger partial charge >= 0.3 is 0 Å². The van der Waals surface area contributed by atoms with Crippen LogP contribution in [0.15, 0.2) is 30.9 Å². The quantitative estimate of drug-likeness (QED) is 0.371. The van der Waals surface area contributed by atoms with Crippen LogP contribution >= 0.6 is 11.3 Å². The number of aliphatic hydroxyl groups is 2. The van der Waals surface area contributed by atoms with E-state index in [0.717, 1.165) is 40.1 Å². The van der Waals surface area contributed by atoms with E-state index in [1.807, 2.05) is 32.0 Å². The predicted molar refractivity (Wildman–Crippen MR) is 150 cm³/mol. The highest BCUT2D eigenvalue weighted by molar-refractivity contribution is 7.18. The molecule has 2 aliphatic rings. The maximum atomic E-state index is 13.6. The fraction of sp³-hybridized carbons (Fsp3) is 0.633. The number of nitrogens with one attached hydrogen (secondary N) is 1. The molecule has 3 heterocycles. The van der Waals surface area contributed by atoms with Gasteiger partial charge in [-0.25, -0.2) is 4.98 Å². The smallest absolute Gasteiger partial charge is 0.223 e. The van der Waals surface area contributed by atoms with Gasteiger partial charge in [-0.2, -0.15) is 0 Å². The summed E-state index contributed by atoms with van der Waals surface area (Å²) in [6, 6.07) is 5.77. The number of Topliss-reactive ketones (excluding diaryl/α,β-unsaturated/α-hetero) is 1. The van der Waals surface area contributed by atoms with Crippen molar-refractivity contribution in [1.29, 1.82) is 0 Å². The maximum Gasteiger partial charge on any atom is 0.223 e. The monoisotopic (exact) mass is 542 g/mol. The lowest BCUT2D eigenvalue weighted by Crippen LogP contribution is -2.47. The number of amides is 1. The summed E-state index contributed by atoms with van der Waals surface area (Å²) >= 11 is 1.63. The van der Waals surface area contributed by atoms with Crippen molar-refractivity contribution >= 4 is 33.2 Å². The molecule has 0 saturated carbocycles. The molecule has 4 rings (SSSR count). The van der Waals surface area contributed by atoms with E-state index < -0.39 is 23.5 Å². The number of nitrogens with zero attached hydrogens (tertiary/aromatic N) is 1. The standard InChI is InChI=1S/C30H42N2O5S/c1-7-9-20-27(35)17(2)10-8-13-30(6)25(37-30)15-21(19-11-12-23-22(14-19)31-18(3)38-23)32-26(34)16-24(33)29(4,5)28(20)36/h7,11-12,14,17,20-21,24-25,27,33,35H,1,8-10,13,15-16H2,2-6H3,(H,32,34)/t17-,20-,21+,24+,25+,27-,30+/m1/s1. The van der Waals surface area contributed by atoms with Gasteiger partial charge < -0.3 is 20.3 Å². The molecule has 2 aromatic rings. The van der Waals surface area contributed by atoms with Crippen molar-refractivity contribution in [2.75, 3.05) is 0 Å². The van der Waals surface area contributed by atoms with Gasteiger partial charge in [0.1, 0.15) is 5.78 Å². The van der Waals surface area contributed by atoms with E-state index in [1.165, 1.54) is 0 Å². The zero-order valence-electron chi connectivity index (χ0n) is 23.2. The molecule has 0 aliphatic carbocycles. The number of carbonyl (C=O) groups excluding carboxylic acids is 2. The van der Waals surface area contributed by atoms with Crippen LogP contribution in [0.3, 0.4) is 0 Å². The Bertz CT molecular complexity index is 1190. The van der Waals surface area contributed by atoms with Crippen molar-refractivity contribution in [3.8, 4) is 0 Å². The first-order valence-electron chi connectivity index (χ1n) is 13.7. The summed E-state index contributed by atoms with van der Waals surface area (Å²) in [4.78, 5) is 31.5. The average molecular weight is 543 g/mol. The van der Waals surface area contributed by atoms with E-state index in [2.05, 4.69) is 23.8 Å². The Labute approximate surface area is 229 Å². The zero-order valence-corrected chi connectivity index (χ0v) is 24.0. The third-order valence-electron chi connectivity index (χ3n) is 8.67. The van der Waals surface area contributed by atoms with Crippen LogP contribution in [-0.4, -0.2) is 50.8 Å². The second-order valence-electron chi connectivity index (χ2n) is 12.0. The van der Waals surface area contributed by atoms with Crippen molar-refractivity contribution < 1.29 is 24.5 Å². The number of fused-ring (bicyclic) bond motifs is 2. The second kappa shape index (κ2) is 11.2. The fourth-order valence-corrected chi connectivity index (χ4v) is 6.63. The normalized spacial score (nSPS) is 34.9. The van der Waals surface area contributed by atoms with Crippen LogP contribution in [0.25, 0.3) is 10.2 Å². The van der Waals surface area contributed by atoms with Crippen molar-refractivity contribution in [1.82, 2.24) is 10.3 Å². The molecule has 2 aliphatic heterocycles. The molecule has 0 radical (unpaired) electrons. The minimum atomic E-state index is -1.21. The number of ether oxygens (including phenoxy) is 1. The number of allylic oxidation sites excluding steroid dienone is 1. The summed E-state index contributed by atoms with van der Waals surface area (Å²) in [7, 11) is 0. The number of ketones is 1. The number of aryl methyl sites for hydroxylation is 1. The van der Waals surface area contributed by atoms with Crippen molar-refractivity contribution in [3.05, 3.63) is 41.4 Å². The average Bonchev–Trinajstić information content (AvgIpc) is 3.32. The number of carbonyl (C=O) groups is 2. The molecule has 7 nitrogen and oxygen atoms in total. The van der Waals surface area contributed by atoms with Crippen LogP contribution in [0, 0.1) is 24.2 Å². The minimum Gasteiger partial charge on any atom is -0.392 e. The number of hydrogen-bond donors (Lipinski definition) is 3. The van der Waals surface area contributed by atoms with Gasteiger partial charge in [0.15, 0.2) is 0 Å². The molecule has 2 saturated heterocycles. The Kier molecular flexibility index (Phi) is 8.48. The number of benzene rings is 1. The van der Waals surface area contributed by atoms with E-state index in [4.69, 9.17) is 4.74 Å². The van der Waals surface area contributed by atoms with Crippen LogP contribution in [0.2, 0.25) is 0 Å². The summed E-state index contributed by atoms with van der Waals surface area (Å²) in [6.07, 6.45) is 2.73. The number of aromatic nitrogens is 1. The van der Waals surface area contributed by atoms with Gasteiger partial charge in [-0.15, -0.1) is 17.9 Å². The molecule has 2 fully saturated rings. The molecule has 0 unspecified atom stereocenters. The Balaban J connectivity index is 1.63. The largest absolute Gasteiger partial charge is 0.392 e. The van der Waals surface area contributed by atoms with E-state index in [0.29, 0.717) is 12.8 Å². The highest BCUT2D eigenvalue weighted by Gasteiger charge is 2.52. The number of aliphatic hydroxyl groups excluding tert-OH is 2. The van der Waals surface area contributed by atoms with Crippen molar-refractivity contribution in [2.24, 2.45) is 17.3 Å². The van der Waals surface area contributed by atoms with E-state index >= 15 is 0 Å². The van der Waals surface area contributed by atoms with Gasteiger partial charge in [0.25, 0.3) is 0 Å². The molecule has 208 valence electrons. The number of hydrogen-bond acceptors (Lipinski definition) is 7. The van der Waals surface area contributed by atoms with Gasteiger partial charge in [0.2, 0.25) is 5.91 Å². The van der Waals surface area contributed by atoms with E-state index in [9.17, 15) is 19.8 Å². The fourth-order valence-electron chi connectivity index (χ4n) is 5.83. The highest BCUT2D eigenvalue weighted by Crippen LogP contribution is 2.46. The molecular weight excluding hydrogens is 500 g/mol. The van der Waals surface area contributed by atoms with Crippen molar-refractivity contribution in [2.45, 2.75) is 103 Å². The number of epoxide rings is 1. The summed E-state index contributed by atoms with van der Waals surface area (Å²) in [5, 5.41) is 26.3. The van der Waals surface area contributed by atoms with Crippen LogP contribution in [0.1, 0.15) is 82.8 Å². The summed E-state index contributed by atoms with van der Waals surface area (Å²) in [5.74, 6) is -1.37. The SMILES string of the molecule is C=CC[C@H]1C(=O)C(C)(C)[C@@H](O)CC(=O)N[C@H](c2ccc3sc(C)nc3c2)C[C@@H]2O[C@@]2(C)CCC[C@@H](C)[C@H]1O. The van der Waals surface area contributed by atoms with Gasteiger partial charge in [0.05, 0.1) is 57.0 Å². The van der Waals surface area contributed by atoms with Crippen LogP contribution in [0.5, 0.6) is 0 Å². The van der Waals surface area contributed by atoms with Gasteiger partial charge in [-0.05, 0) is 56.7 Å². The lowest BCUT2D eigenvalue weighted by atomic mass is 9.71. The Morgan fingerprint density at radius 2 is 2.00 bits per heavy atom. The molecule has 1 amide bonds. The first kappa shape index (κ1) is 28.9. The van der Waals surface area contributed by atoms with Crippen LogP contribution in [0.4, 0.5) is 0 Å². The first-order valence-corrected chi connectivity index (χ1v) is 14.5. The second-order valence-corrected chi connectivity index (χ2v) is 13.3. The topological polar surface area (TPSA) is 112 Å². The first-order chi connectivity index (χ1) is 17.9. The minimum absolute atomic E-state index is 0.00902. The van der Waals surface area contributed by atoms with Gasteiger partial charge in [-0.1, -0.05) is 39.3 Å². The lowest BCUT2D eigenvalue weighted by molar-refractivity contribution is -0.144. The van der Waals surface area contributed by atoms with Gasteiger partial charge in [-0.3, -0.25) is 9.59 Å². The molecule has 0 bridgehead atoms. The third kappa shape index (κ3) is 6.03. The Morgan fingerprint density at radius 1 is 1.26 bits per heavy atom. The molecule has 8 heteroatoms. The third-order valence-corrected chi connectivity index (χ3v) is 9.63. The Morgan fingerprint density at radius 3 is 2.71 bits per heavy atom. The van der Waals surface area contributed by atoms with E-state index in [-0.39, 0.29) is 41.8 Å². The summed E-state index contributed by atoms with van der Waals surface area (Å²) in [6.45, 7) is 13.1. The van der Waals surface area contributed by atoms with Gasteiger partial charge in [0, 0.05) is 12.3 Å². The Hall–Kier alpha value is -2.13. The van der Waals surface area contributed by atoms with Crippen molar-refractivity contribution in [3.63, 3.8) is 0 Å². The highest BCUT2D eigenvalue weighted by atomic mass is 32.1. The maximum absolute atomic E-state index is 13.6. The molecular formula is C30H42N2O5S. The summed E-state index contributed by atoms with van der Waals surface area (Å²) in [5.41, 5.74) is 0.346. The molecule has 3 N–H and O–H groups in total. The lowest BCUT2D eigenvalue weighted by Gasteiger charge is -2.36. The number of thiazole rings is 1.